The first kappa shape index (κ1) is 17.8. The summed E-state index contributed by atoms with van der Waals surface area (Å²) in [5.41, 5.74) is 4.59. The predicted octanol–water partition coefficient (Wildman–Crippen LogP) is 4.47. The third-order valence-electron chi connectivity index (χ3n) is 5.79. The van der Waals surface area contributed by atoms with E-state index in [2.05, 4.69) is 34.1 Å². The van der Waals surface area contributed by atoms with E-state index in [4.69, 9.17) is 21.3 Å². The maximum Gasteiger partial charge on any atom is 0.159 e. The zero-order valence-electron chi connectivity index (χ0n) is 15.6. The fourth-order valence-electron chi connectivity index (χ4n) is 4.37. The number of rotatable bonds is 3. The average Bonchev–Trinajstić information content (AvgIpc) is 3.13. The van der Waals surface area contributed by atoms with Crippen molar-refractivity contribution in [3.63, 3.8) is 0 Å². The molecular weight excluding hydrogens is 370 g/mol. The zero-order chi connectivity index (χ0) is 19.0. The van der Waals surface area contributed by atoms with Crippen molar-refractivity contribution in [2.75, 3.05) is 19.7 Å². The molecule has 1 fully saturated rings. The molecule has 28 heavy (non-hydrogen) atoms. The van der Waals surface area contributed by atoms with E-state index in [0.29, 0.717) is 6.61 Å². The molecule has 0 aliphatic carbocycles. The summed E-state index contributed by atoms with van der Waals surface area (Å²) in [7, 11) is 0. The molecule has 3 aromatic rings. The number of likely N-dealkylation sites (tertiary alicyclic amines) is 1. The van der Waals surface area contributed by atoms with Gasteiger partial charge in [0.05, 0.1) is 24.3 Å². The molecule has 2 aliphatic heterocycles. The number of fused-ring (bicyclic) bond motifs is 2. The highest BCUT2D eigenvalue weighted by Gasteiger charge is 2.44. The van der Waals surface area contributed by atoms with E-state index in [-0.39, 0.29) is 5.41 Å². The highest BCUT2D eigenvalue weighted by Crippen LogP contribution is 2.40. The lowest BCUT2D eigenvalue weighted by molar-refractivity contribution is 0.0503. The Kier molecular flexibility index (Phi) is 4.63. The summed E-state index contributed by atoms with van der Waals surface area (Å²) in [5, 5.41) is 0.779. The standard InChI is InChI=1S/C23H22ClN3O/c24-20-8-6-17(7-9-20)13-27-11-10-23(15-27)16-28-14-19-12-25-22(26-21(19)23)18-4-2-1-3-5-18/h1-9,12H,10-11,13-16H2/t23-/m1/s1. The Morgan fingerprint density at radius 3 is 2.71 bits per heavy atom. The minimum atomic E-state index is -0.0491. The monoisotopic (exact) mass is 391 g/mol. The normalized spacial score (nSPS) is 21.8. The fraction of sp³-hybridized carbons (Fsp3) is 0.304. The minimum absolute atomic E-state index is 0.0491. The first-order valence-electron chi connectivity index (χ1n) is 9.68. The summed E-state index contributed by atoms with van der Waals surface area (Å²) in [6.07, 6.45) is 3.01. The van der Waals surface area contributed by atoms with Gasteiger partial charge in [-0.2, -0.15) is 0 Å². The summed E-state index contributed by atoms with van der Waals surface area (Å²) >= 11 is 6.02. The number of hydrogen-bond donors (Lipinski definition) is 0. The van der Waals surface area contributed by atoms with E-state index in [1.165, 1.54) is 11.3 Å². The third-order valence-corrected chi connectivity index (χ3v) is 6.04. The molecular formula is C23H22ClN3O. The van der Waals surface area contributed by atoms with Crippen molar-refractivity contribution in [3.05, 3.63) is 82.6 Å². The second-order valence-corrected chi connectivity index (χ2v) is 8.23. The van der Waals surface area contributed by atoms with Crippen LogP contribution in [0.2, 0.25) is 5.02 Å². The molecule has 1 saturated heterocycles. The summed E-state index contributed by atoms with van der Waals surface area (Å²) in [6, 6.07) is 18.3. The largest absolute Gasteiger partial charge is 0.376 e. The van der Waals surface area contributed by atoms with Gasteiger partial charge in [-0.05, 0) is 30.7 Å². The molecule has 4 nitrogen and oxygen atoms in total. The van der Waals surface area contributed by atoms with Gasteiger partial charge >= 0.3 is 0 Å². The summed E-state index contributed by atoms with van der Waals surface area (Å²) < 4.78 is 5.97. The van der Waals surface area contributed by atoms with Crippen LogP contribution < -0.4 is 0 Å². The Balaban J connectivity index is 1.43. The second-order valence-electron chi connectivity index (χ2n) is 7.79. The van der Waals surface area contributed by atoms with Gasteiger partial charge in [0.15, 0.2) is 5.82 Å². The van der Waals surface area contributed by atoms with Crippen molar-refractivity contribution < 1.29 is 4.74 Å². The van der Waals surface area contributed by atoms with Crippen LogP contribution in [0.25, 0.3) is 11.4 Å². The Labute approximate surface area is 170 Å². The lowest BCUT2D eigenvalue weighted by Gasteiger charge is -2.34. The van der Waals surface area contributed by atoms with E-state index < -0.39 is 0 Å². The van der Waals surface area contributed by atoms with Gasteiger partial charge in [-0.1, -0.05) is 54.1 Å². The number of benzene rings is 2. The molecule has 0 saturated carbocycles. The van der Waals surface area contributed by atoms with Crippen LogP contribution in [0, 0.1) is 0 Å². The van der Waals surface area contributed by atoms with E-state index in [9.17, 15) is 0 Å². The van der Waals surface area contributed by atoms with Crippen molar-refractivity contribution in [3.8, 4) is 11.4 Å². The summed E-state index contributed by atoms with van der Waals surface area (Å²) in [6.45, 7) is 4.24. The van der Waals surface area contributed by atoms with Crippen molar-refractivity contribution in [2.45, 2.75) is 25.0 Å². The maximum absolute atomic E-state index is 6.02. The van der Waals surface area contributed by atoms with Gasteiger partial charge in [0.1, 0.15) is 0 Å². The molecule has 1 atom stereocenters. The van der Waals surface area contributed by atoms with Crippen LogP contribution >= 0.6 is 11.6 Å². The molecule has 1 spiro atoms. The lowest BCUT2D eigenvalue weighted by atomic mass is 9.80. The molecule has 2 aromatic carbocycles. The van der Waals surface area contributed by atoms with Gasteiger partial charge in [-0.15, -0.1) is 0 Å². The van der Waals surface area contributed by atoms with Gasteiger partial charge in [0, 0.05) is 35.4 Å². The van der Waals surface area contributed by atoms with Gasteiger partial charge in [0.25, 0.3) is 0 Å². The molecule has 0 amide bonds. The van der Waals surface area contributed by atoms with Gasteiger partial charge in [-0.3, -0.25) is 4.90 Å². The number of nitrogens with zero attached hydrogens (tertiary/aromatic N) is 3. The summed E-state index contributed by atoms with van der Waals surface area (Å²) in [5.74, 6) is 0.803. The van der Waals surface area contributed by atoms with Crippen molar-refractivity contribution in [1.29, 1.82) is 0 Å². The number of hydrogen-bond acceptors (Lipinski definition) is 4. The number of ether oxygens (including phenoxy) is 1. The minimum Gasteiger partial charge on any atom is -0.376 e. The van der Waals surface area contributed by atoms with Crippen LogP contribution in [0.4, 0.5) is 0 Å². The highest BCUT2D eigenvalue weighted by molar-refractivity contribution is 6.30. The van der Waals surface area contributed by atoms with E-state index in [1.54, 1.807) is 0 Å². The highest BCUT2D eigenvalue weighted by atomic mass is 35.5. The SMILES string of the molecule is Clc1ccc(CN2CC[C@]3(COCc4cnc(-c5ccccc5)nc43)C2)cc1. The zero-order valence-corrected chi connectivity index (χ0v) is 16.4. The van der Waals surface area contributed by atoms with E-state index >= 15 is 0 Å². The fourth-order valence-corrected chi connectivity index (χ4v) is 4.50. The van der Waals surface area contributed by atoms with Crippen LogP contribution in [0.3, 0.4) is 0 Å². The number of aromatic nitrogens is 2. The Hall–Kier alpha value is -2.27. The molecule has 0 radical (unpaired) electrons. The van der Waals surface area contributed by atoms with Crippen molar-refractivity contribution >= 4 is 11.6 Å². The first-order valence-corrected chi connectivity index (χ1v) is 10.1. The Morgan fingerprint density at radius 2 is 1.89 bits per heavy atom. The molecule has 5 rings (SSSR count). The van der Waals surface area contributed by atoms with Gasteiger partial charge in [-0.25, -0.2) is 9.97 Å². The average molecular weight is 392 g/mol. The van der Waals surface area contributed by atoms with E-state index in [1.807, 2.05) is 36.5 Å². The Morgan fingerprint density at radius 1 is 1.07 bits per heavy atom. The van der Waals surface area contributed by atoms with Crippen LogP contribution in [-0.4, -0.2) is 34.6 Å². The van der Waals surface area contributed by atoms with Gasteiger partial charge in [0.2, 0.25) is 0 Å². The maximum atomic E-state index is 6.02. The molecule has 1 aromatic heterocycles. The van der Waals surface area contributed by atoms with Gasteiger partial charge < -0.3 is 4.74 Å². The molecule has 5 heteroatoms. The van der Waals surface area contributed by atoms with Crippen LogP contribution in [0.15, 0.2) is 60.8 Å². The summed E-state index contributed by atoms with van der Waals surface area (Å²) in [4.78, 5) is 12.1. The van der Waals surface area contributed by atoms with Crippen molar-refractivity contribution in [2.24, 2.45) is 0 Å². The second kappa shape index (κ2) is 7.28. The van der Waals surface area contributed by atoms with E-state index in [0.717, 1.165) is 54.6 Å². The lowest BCUT2D eigenvalue weighted by Crippen LogP contribution is -2.40. The van der Waals surface area contributed by atoms with Crippen molar-refractivity contribution in [1.82, 2.24) is 14.9 Å². The molecule has 0 unspecified atom stereocenters. The quantitative estimate of drug-likeness (QED) is 0.660. The predicted molar refractivity (Wildman–Crippen MR) is 110 cm³/mol. The Bertz CT molecular complexity index is 977. The molecule has 142 valence electrons. The number of halogens is 1. The third kappa shape index (κ3) is 3.32. The van der Waals surface area contributed by atoms with Crippen LogP contribution in [0.5, 0.6) is 0 Å². The molecule has 0 N–H and O–H groups in total. The first-order chi connectivity index (χ1) is 13.7. The molecule has 3 heterocycles. The molecule has 0 bridgehead atoms. The topological polar surface area (TPSA) is 38.2 Å². The van der Waals surface area contributed by atoms with Crippen LogP contribution in [-0.2, 0) is 23.3 Å². The van der Waals surface area contributed by atoms with Crippen LogP contribution in [0.1, 0.15) is 23.2 Å². The smallest absolute Gasteiger partial charge is 0.159 e. The molecule has 2 aliphatic rings.